The van der Waals surface area contributed by atoms with E-state index in [-0.39, 0.29) is 60.3 Å². The zero-order valence-electron chi connectivity index (χ0n) is 29.2. The summed E-state index contributed by atoms with van der Waals surface area (Å²) in [6, 6.07) is 3.54. The maximum atomic E-state index is 13.0. The molecular formula is C36H58N6O7. The minimum absolute atomic E-state index is 0.0182. The minimum Gasteiger partial charge on any atom is -0.381 e. The SMILES string of the molecule is CN1C(=O)C[C@H](C(=O)NCCOC2CCC(OCCCC(=O)NC3CCC(C(=O)NCCCOCCCN)CC3)CC2)[C@H]1c1cccnc1. The predicted molar refractivity (Wildman–Crippen MR) is 184 cm³/mol. The van der Waals surface area contributed by atoms with Crippen molar-refractivity contribution < 1.29 is 33.4 Å². The van der Waals surface area contributed by atoms with Gasteiger partial charge in [0.15, 0.2) is 0 Å². The molecule has 2 saturated carbocycles. The van der Waals surface area contributed by atoms with Crippen LogP contribution in [0.25, 0.3) is 0 Å². The normalized spacial score (nSPS) is 25.6. The average Bonchev–Trinajstić information content (AvgIpc) is 3.42. The van der Waals surface area contributed by atoms with Crippen molar-refractivity contribution in [2.75, 3.05) is 53.1 Å². The summed E-state index contributed by atoms with van der Waals surface area (Å²) in [6.45, 7) is 3.92. The molecule has 274 valence electrons. The number of rotatable bonds is 20. The number of hydrogen-bond acceptors (Lipinski definition) is 9. The van der Waals surface area contributed by atoms with Gasteiger partial charge in [0.25, 0.3) is 0 Å². The largest absolute Gasteiger partial charge is 0.381 e. The lowest BCUT2D eigenvalue weighted by Gasteiger charge is -2.29. The maximum Gasteiger partial charge on any atom is 0.226 e. The van der Waals surface area contributed by atoms with Gasteiger partial charge in [0.2, 0.25) is 23.6 Å². The molecule has 49 heavy (non-hydrogen) atoms. The summed E-state index contributed by atoms with van der Waals surface area (Å²) in [7, 11) is 1.73. The molecule has 4 amide bonds. The number of aromatic nitrogens is 1. The van der Waals surface area contributed by atoms with Crippen LogP contribution in [-0.2, 0) is 33.4 Å². The molecule has 13 nitrogen and oxygen atoms in total. The van der Waals surface area contributed by atoms with Gasteiger partial charge in [-0.1, -0.05) is 6.07 Å². The Kier molecular flexibility index (Phi) is 16.7. The second kappa shape index (κ2) is 21.2. The van der Waals surface area contributed by atoms with Crippen molar-refractivity contribution in [1.82, 2.24) is 25.8 Å². The van der Waals surface area contributed by atoms with Crippen molar-refractivity contribution in [3.63, 3.8) is 0 Å². The summed E-state index contributed by atoms with van der Waals surface area (Å²) >= 11 is 0. The van der Waals surface area contributed by atoms with Crippen LogP contribution < -0.4 is 21.7 Å². The number of pyridine rings is 1. The van der Waals surface area contributed by atoms with Crippen LogP contribution in [0.3, 0.4) is 0 Å². The van der Waals surface area contributed by atoms with E-state index in [9.17, 15) is 19.2 Å². The van der Waals surface area contributed by atoms with Crippen LogP contribution in [0.4, 0.5) is 0 Å². The summed E-state index contributed by atoms with van der Waals surface area (Å²) < 4.78 is 17.6. The molecule has 1 aromatic rings. The molecule has 1 saturated heterocycles. The van der Waals surface area contributed by atoms with Crippen molar-refractivity contribution in [3.8, 4) is 0 Å². The van der Waals surface area contributed by atoms with Gasteiger partial charge in [-0.15, -0.1) is 0 Å². The van der Waals surface area contributed by atoms with Crippen molar-refractivity contribution in [2.45, 2.75) is 108 Å². The molecule has 13 heteroatoms. The molecule has 0 unspecified atom stereocenters. The van der Waals surface area contributed by atoms with E-state index in [2.05, 4.69) is 20.9 Å². The molecule has 1 aliphatic heterocycles. The van der Waals surface area contributed by atoms with Crippen molar-refractivity contribution in [3.05, 3.63) is 30.1 Å². The number of ether oxygens (including phenoxy) is 3. The number of nitrogens with one attached hydrogen (secondary N) is 3. The fourth-order valence-electron chi connectivity index (χ4n) is 7.11. The molecular weight excluding hydrogens is 628 g/mol. The standard InChI is InChI=1S/C36H58N6O7/c1-42-33(44)24-31(34(42)27-6-2-17-38-25-27)36(46)40-19-23-49-30-14-12-29(13-15-30)48-22-3-7-32(43)41-28-10-8-26(9-11-28)35(45)39-18-5-21-47-20-4-16-37/h2,6,17,25-26,28-31,34H,3-5,7-16,18-24,37H2,1H3,(H,39,45)(H,40,46)(H,41,43)/t26?,28?,29?,30?,31-,34+/m0/s1. The average molecular weight is 687 g/mol. The molecule has 4 rings (SSSR count). The van der Waals surface area contributed by atoms with Gasteiger partial charge < -0.3 is 40.8 Å². The van der Waals surface area contributed by atoms with Gasteiger partial charge in [-0.05, 0) is 88.8 Å². The first kappa shape index (κ1) is 38.7. The van der Waals surface area contributed by atoms with E-state index >= 15 is 0 Å². The number of nitrogens with zero attached hydrogens (tertiary/aromatic N) is 2. The zero-order valence-corrected chi connectivity index (χ0v) is 29.2. The maximum absolute atomic E-state index is 13.0. The number of hydrogen-bond donors (Lipinski definition) is 4. The summed E-state index contributed by atoms with van der Waals surface area (Å²) in [6.07, 6.45) is 13.5. The summed E-state index contributed by atoms with van der Waals surface area (Å²) in [5.41, 5.74) is 6.31. The molecule has 3 aliphatic rings. The first-order valence-corrected chi connectivity index (χ1v) is 18.4. The summed E-state index contributed by atoms with van der Waals surface area (Å²) in [5, 5.41) is 9.12. The second-order valence-corrected chi connectivity index (χ2v) is 13.6. The van der Waals surface area contributed by atoms with Crippen molar-refractivity contribution in [1.29, 1.82) is 0 Å². The molecule has 1 aromatic heterocycles. The van der Waals surface area contributed by atoms with Crippen LogP contribution in [0.15, 0.2) is 24.5 Å². The third-order valence-electron chi connectivity index (χ3n) is 9.95. The predicted octanol–water partition coefficient (Wildman–Crippen LogP) is 2.39. The monoisotopic (exact) mass is 686 g/mol. The van der Waals surface area contributed by atoms with E-state index in [1.807, 2.05) is 12.1 Å². The Morgan fingerprint density at radius 1 is 0.878 bits per heavy atom. The Morgan fingerprint density at radius 2 is 1.57 bits per heavy atom. The molecule has 2 aliphatic carbocycles. The molecule has 0 bridgehead atoms. The van der Waals surface area contributed by atoms with Gasteiger partial charge >= 0.3 is 0 Å². The molecule has 0 aromatic carbocycles. The second-order valence-electron chi connectivity index (χ2n) is 13.6. The number of likely N-dealkylation sites (tertiary alicyclic amines) is 1. The minimum atomic E-state index is -0.450. The molecule has 0 radical (unpaired) electrons. The summed E-state index contributed by atoms with van der Waals surface area (Å²) in [4.78, 5) is 56.1. The first-order chi connectivity index (χ1) is 23.9. The highest BCUT2D eigenvalue weighted by atomic mass is 16.5. The van der Waals surface area contributed by atoms with Crippen molar-refractivity contribution >= 4 is 23.6 Å². The lowest BCUT2D eigenvalue weighted by Crippen LogP contribution is -2.41. The highest BCUT2D eigenvalue weighted by Gasteiger charge is 2.42. The quantitative estimate of drug-likeness (QED) is 0.150. The fraction of sp³-hybridized carbons (Fsp3) is 0.750. The van der Waals surface area contributed by atoms with Crippen LogP contribution in [0.2, 0.25) is 0 Å². The van der Waals surface area contributed by atoms with Crippen LogP contribution in [-0.4, -0.2) is 105 Å². The number of carbonyl (C=O) groups excluding carboxylic acids is 4. The van der Waals surface area contributed by atoms with Gasteiger partial charge in [-0.25, -0.2) is 0 Å². The van der Waals surface area contributed by atoms with Gasteiger partial charge in [0, 0.05) is 77.2 Å². The van der Waals surface area contributed by atoms with E-state index in [0.29, 0.717) is 58.9 Å². The van der Waals surface area contributed by atoms with E-state index in [1.165, 1.54) is 0 Å². The van der Waals surface area contributed by atoms with Gasteiger partial charge in [-0.2, -0.15) is 0 Å². The topological polar surface area (TPSA) is 174 Å². The van der Waals surface area contributed by atoms with E-state index < -0.39 is 5.92 Å². The van der Waals surface area contributed by atoms with Gasteiger partial charge in [-0.3, -0.25) is 24.2 Å². The van der Waals surface area contributed by atoms with Gasteiger partial charge in [0.1, 0.15) is 0 Å². The van der Waals surface area contributed by atoms with Gasteiger partial charge in [0.05, 0.1) is 30.8 Å². The highest BCUT2D eigenvalue weighted by Crippen LogP contribution is 2.36. The number of nitrogens with two attached hydrogens (primary N) is 1. The zero-order chi connectivity index (χ0) is 34.8. The lowest BCUT2D eigenvalue weighted by atomic mass is 9.85. The van der Waals surface area contributed by atoms with Crippen LogP contribution >= 0.6 is 0 Å². The number of carbonyl (C=O) groups is 4. The van der Waals surface area contributed by atoms with Crippen LogP contribution in [0.5, 0.6) is 0 Å². The molecule has 0 spiro atoms. The Bertz CT molecular complexity index is 1160. The smallest absolute Gasteiger partial charge is 0.226 e. The van der Waals surface area contributed by atoms with E-state index in [0.717, 1.165) is 69.8 Å². The number of amides is 4. The van der Waals surface area contributed by atoms with Crippen LogP contribution in [0.1, 0.15) is 95.1 Å². The summed E-state index contributed by atoms with van der Waals surface area (Å²) in [5.74, 6) is -0.457. The Morgan fingerprint density at radius 3 is 2.27 bits per heavy atom. The molecule has 5 N–H and O–H groups in total. The Hall–Kier alpha value is -3.13. The Balaban J connectivity index is 0.984. The fourth-order valence-corrected chi connectivity index (χ4v) is 7.11. The highest BCUT2D eigenvalue weighted by molar-refractivity contribution is 5.90. The Labute approximate surface area is 291 Å². The third-order valence-corrected chi connectivity index (χ3v) is 9.95. The van der Waals surface area contributed by atoms with Crippen LogP contribution in [0, 0.1) is 11.8 Å². The molecule has 3 fully saturated rings. The van der Waals surface area contributed by atoms with Crippen molar-refractivity contribution in [2.24, 2.45) is 17.6 Å². The molecule has 2 atom stereocenters. The molecule has 2 heterocycles. The van der Waals surface area contributed by atoms with E-state index in [4.69, 9.17) is 19.9 Å². The van der Waals surface area contributed by atoms with E-state index in [1.54, 1.807) is 24.3 Å². The lowest BCUT2D eigenvalue weighted by molar-refractivity contribution is -0.128. The first-order valence-electron chi connectivity index (χ1n) is 18.4. The third kappa shape index (κ3) is 12.9.